The number of hydrogen-bond acceptors (Lipinski definition) is 3. The topological polar surface area (TPSA) is 55.4 Å². The van der Waals surface area contributed by atoms with Crippen LogP contribution in [0.1, 0.15) is 20.3 Å². The number of hydrogen-bond donors (Lipinski definition) is 1. The normalized spacial score (nSPS) is 13.7. The van der Waals surface area contributed by atoms with Crippen molar-refractivity contribution in [2.45, 2.75) is 30.9 Å². The molecular formula is C22H21Cl2NO3S. The van der Waals surface area contributed by atoms with E-state index in [-0.39, 0.29) is 4.90 Å². The maximum Gasteiger partial charge on any atom is 0.243 e. The van der Waals surface area contributed by atoms with Gasteiger partial charge in [-0.25, -0.2) is 8.42 Å². The maximum absolute atomic E-state index is 12.8. The van der Waals surface area contributed by atoms with Crippen molar-refractivity contribution < 1.29 is 13.2 Å². The minimum absolute atomic E-state index is 0.171. The summed E-state index contributed by atoms with van der Waals surface area (Å²) in [5, 5.41) is 1.03. The Morgan fingerprint density at radius 1 is 0.931 bits per heavy atom. The van der Waals surface area contributed by atoms with Crippen LogP contribution in [0.2, 0.25) is 10.0 Å². The number of nitrogens with one attached hydrogen (secondary N) is 1. The third kappa shape index (κ3) is 5.11. The van der Waals surface area contributed by atoms with Crippen LogP contribution in [0, 0.1) is 0 Å². The lowest BCUT2D eigenvalue weighted by atomic mass is 10.1. The largest absolute Gasteiger partial charge is 0.471 e. The van der Waals surface area contributed by atoms with Gasteiger partial charge in [-0.2, -0.15) is 4.72 Å². The van der Waals surface area contributed by atoms with E-state index in [1.54, 1.807) is 43.3 Å². The summed E-state index contributed by atoms with van der Waals surface area (Å²) >= 11 is 12.6. The van der Waals surface area contributed by atoms with Crippen molar-refractivity contribution in [3.8, 4) is 16.9 Å². The van der Waals surface area contributed by atoms with Gasteiger partial charge in [0.05, 0.1) is 9.92 Å². The van der Waals surface area contributed by atoms with Crippen LogP contribution in [0.3, 0.4) is 0 Å². The molecule has 0 bridgehead atoms. The zero-order valence-electron chi connectivity index (χ0n) is 16.0. The van der Waals surface area contributed by atoms with Gasteiger partial charge >= 0.3 is 0 Å². The number of benzene rings is 3. The van der Waals surface area contributed by atoms with Crippen molar-refractivity contribution in [3.63, 3.8) is 0 Å². The van der Waals surface area contributed by atoms with Crippen LogP contribution < -0.4 is 9.46 Å². The third-order valence-electron chi connectivity index (χ3n) is 4.53. The van der Waals surface area contributed by atoms with Crippen LogP contribution in [0.25, 0.3) is 11.1 Å². The van der Waals surface area contributed by atoms with E-state index in [1.807, 2.05) is 31.2 Å². The lowest BCUT2D eigenvalue weighted by Crippen LogP contribution is -2.50. The van der Waals surface area contributed by atoms with Gasteiger partial charge in [-0.3, -0.25) is 0 Å². The molecule has 3 aromatic rings. The van der Waals surface area contributed by atoms with Crippen molar-refractivity contribution in [2.24, 2.45) is 0 Å². The Morgan fingerprint density at radius 3 is 2.21 bits per heavy atom. The second-order valence-electron chi connectivity index (χ2n) is 6.73. The summed E-state index contributed by atoms with van der Waals surface area (Å²) in [6, 6.07) is 20.9. The average molecular weight is 450 g/mol. The van der Waals surface area contributed by atoms with Crippen molar-refractivity contribution in [2.75, 3.05) is 0 Å². The van der Waals surface area contributed by atoms with E-state index in [2.05, 4.69) is 4.72 Å². The van der Waals surface area contributed by atoms with Crippen molar-refractivity contribution in [3.05, 3.63) is 82.8 Å². The molecule has 1 unspecified atom stereocenters. The Labute approximate surface area is 181 Å². The van der Waals surface area contributed by atoms with Crippen molar-refractivity contribution in [1.29, 1.82) is 0 Å². The van der Waals surface area contributed by atoms with Gasteiger partial charge in [-0.15, -0.1) is 0 Å². The Bertz CT molecular complexity index is 1090. The molecular weight excluding hydrogens is 429 g/mol. The predicted molar refractivity (Wildman–Crippen MR) is 118 cm³/mol. The first-order chi connectivity index (χ1) is 13.7. The second-order valence-corrected chi connectivity index (χ2v) is 9.23. The molecule has 0 aliphatic heterocycles. The van der Waals surface area contributed by atoms with E-state index >= 15 is 0 Å². The predicted octanol–water partition coefficient (Wildman–Crippen LogP) is 6.14. The molecule has 0 aromatic heterocycles. The molecule has 152 valence electrons. The SMILES string of the molecule is CCC(C)(NS(=O)(=O)c1ccccc1)Oc1cccc(-c2ccc(Cl)cc2)c1Cl. The van der Waals surface area contributed by atoms with E-state index in [9.17, 15) is 8.42 Å². The molecule has 0 aliphatic carbocycles. The van der Waals surface area contributed by atoms with Crippen molar-refractivity contribution >= 4 is 33.2 Å². The maximum atomic E-state index is 12.8. The van der Waals surface area contributed by atoms with E-state index in [4.69, 9.17) is 27.9 Å². The highest BCUT2D eigenvalue weighted by Gasteiger charge is 2.32. The minimum atomic E-state index is -3.76. The fourth-order valence-electron chi connectivity index (χ4n) is 2.79. The summed E-state index contributed by atoms with van der Waals surface area (Å²) in [7, 11) is -3.76. The fraction of sp³-hybridized carbons (Fsp3) is 0.182. The van der Waals surface area contributed by atoms with E-state index in [1.165, 1.54) is 12.1 Å². The smallest absolute Gasteiger partial charge is 0.243 e. The molecule has 3 rings (SSSR count). The summed E-state index contributed by atoms with van der Waals surface area (Å²) in [5.74, 6) is 0.388. The van der Waals surface area contributed by atoms with Crippen LogP contribution >= 0.6 is 23.2 Å². The van der Waals surface area contributed by atoms with Gasteiger partial charge in [0, 0.05) is 10.6 Å². The minimum Gasteiger partial charge on any atom is -0.471 e. The average Bonchev–Trinajstić information content (AvgIpc) is 2.71. The number of halogens is 2. The Balaban J connectivity index is 1.91. The molecule has 0 heterocycles. The number of sulfonamides is 1. The molecule has 1 N–H and O–H groups in total. The molecule has 0 saturated carbocycles. The van der Waals surface area contributed by atoms with Crippen LogP contribution in [-0.2, 0) is 10.0 Å². The van der Waals surface area contributed by atoms with Gasteiger partial charge in [-0.1, -0.05) is 72.6 Å². The number of rotatable bonds is 7. The number of ether oxygens (including phenoxy) is 1. The molecule has 29 heavy (non-hydrogen) atoms. The van der Waals surface area contributed by atoms with E-state index in [0.29, 0.717) is 22.2 Å². The van der Waals surface area contributed by atoms with Gasteiger partial charge in [-0.05, 0) is 49.2 Å². The van der Waals surface area contributed by atoms with Crippen LogP contribution in [-0.4, -0.2) is 14.1 Å². The highest BCUT2D eigenvalue weighted by molar-refractivity contribution is 7.89. The van der Waals surface area contributed by atoms with Gasteiger partial charge in [0.25, 0.3) is 0 Å². The molecule has 0 saturated heterocycles. The van der Waals surface area contributed by atoms with Gasteiger partial charge < -0.3 is 4.74 Å². The fourth-order valence-corrected chi connectivity index (χ4v) is 4.58. The van der Waals surface area contributed by atoms with E-state index in [0.717, 1.165) is 11.1 Å². The summed E-state index contributed by atoms with van der Waals surface area (Å²) in [6.07, 6.45) is 0.389. The summed E-state index contributed by atoms with van der Waals surface area (Å²) in [5.41, 5.74) is 0.467. The van der Waals surface area contributed by atoms with Crippen LogP contribution in [0.5, 0.6) is 5.75 Å². The molecule has 0 radical (unpaired) electrons. The summed E-state index contributed by atoms with van der Waals surface area (Å²) < 4.78 is 34.3. The molecule has 3 aromatic carbocycles. The zero-order valence-corrected chi connectivity index (χ0v) is 18.4. The second kappa shape index (κ2) is 8.76. The summed E-state index contributed by atoms with van der Waals surface area (Å²) in [4.78, 5) is 0.171. The Morgan fingerprint density at radius 2 is 1.59 bits per heavy atom. The van der Waals surface area contributed by atoms with Gasteiger partial charge in [0.1, 0.15) is 5.75 Å². The first-order valence-corrected chi connectivity index (χ1v) is 11.3. The molecule has 0 spiro atoms. The summed E-state index contributed by atoms with van der Waals surface area (Å²) in [6.45, 7) is 3.52. The molecule has 4 nitrogen and oxygen atoms in total. The standard InChI is InChI=1S/C22H21Cl2NO3S/c1-3-22(2,25-29(26,27)18-8-5-4-6-9-18)28-20-11-7-10-19(21(20)24)16-12-14-17(23)15-13-16/h4-15,25H,3H2,1-2H3. The highest BCUT2D eigenvalue weighted by Crippen LogP contribution is 2.37. The molecule has 0 amide bonds. The lowest BCUT2D eigenvalue weighted by molar-refractivity contribution is 0.0729. The Kier molecular flexibility index (Phi) is 6.54. The van der Waals surface area contributed by atoms with Gasteiger partial charge in [0.15, 0.2) is 5.72 Å². The quantitative estimate of drug-likeness (QED) is 0.440. The van der Waals surface area contributed by atoms with Crippen LogP contribution in [0.4, 0.5) is 0 Å². The molecule has 7 heteroatoms. The van der Waals surface area contributed by atoms with Crippen LogP contribution in [0.15, 0.2) is 77.7 Å². The monoisotopic (exact) mass is 449 g/mol. The molecule has 0 aliphatic rings. The Hall–Kier alpha value is -2.05. The third-order valence-corrected chi connectivity index (χ3v) is 6.77. The van der Waals surface area contributed by atoms with Gasteiger partial charge in [0.2, 0.25) is 10.0 Å². The first-order valence-electron chi connectivity index (χ1n) is 9.06. The molecule has 1 atom stereocenters. The molecule has 0 fully saturated rings. The zero-order chi connectivity index (χ0) is 21.1. The first kappa shape index (κ1) is 21.7. The lowest BCUT2D eigenvalue weighted by Gasteiger charge is -2.31. The van der Waals surface area contributed by atoms with Crippen molar-refractivity contribution in [1.82, 2.24) is 4.72 Å². The van der Waals surface area contributed by atoms with E-state index < -0.39 is 15.7 Å². The highest BCUT2D eigenvalue weighted by atomic mass is 35.5.